The number of halogens is 2. The molecule has 0 saturated carbocycles. The van der Waals surface area contributed by atoms with Crippen molar-refractivity contribution >= 4 is 40.5 Å². The third kappa shape index (κ3) is 3.42. The number of ketones is 1. The fourth-order valence-electron chi connectivity index (χ4n) is 5.41. The Balaban J connectivity index is 1.41. The number of urea groups is 1. The predicted molar refractivity (Wildman–Crippen MR) is 127 cm³/mol. The highest BCUT2D eigenvalue weighted by molar-refractivity contribution is 6.11. The highest BCUT2D eigenvalue weighted by atomic mass is 19.1. The molecule has 2 atom stereocenters. The first-order chi connectivity index (χ1) is 18.5. The second-order valence-corrected chi connectivity index (χ2v) is 9.84. The van der Waals surface area contributed by atoms with Gasteiger partial charge in [0.2, 0.25) is 5.91 Å². The molecule has 3 N–H and O–H groups in total. The largest absolute Gasteiger partial charge is 0.494 e. The lowest BCUT2D eigenvalue weighted by Crippen LogP contribution is -2.52. The van der Waals surface area contributed by atoms with E-state index < -0.39 is 65.2 Å². The minimum absolute atomic E-state index is 0.00763. The van der Waals surface area contributed by atoms with Crippen molar-refractivity contribution in [1.82, 2.24) is 20.9 Å². The van der Waals surface area contributed by atoms with Crippen LogP contribution in [0, 0.1) is 11.6 Å². The summed E-state index contributed by atoms with van der Waals surface area (Å²) in [6, 6.07) is 5.78. The SMILES string of the molecule is COc1ccc2c(c1F)C(=O)N(CC1(c3cc4cc(C5(C)NC(=O)CC5=O)c(F)cc4o3)NC(=O)NC1=O)C2. The van der Waals surface area contributed by atoms with Gasteiger partial charge in [-0.15, -0.1) is 0 Å². The first-order valence-electron chi connectivity index (χ1n) is 11.8. The van der Waals surface area contributed by atoms with Gasteiger partial charge >= 0.3 is 6.03 Å². The fourth-order valence-corrected chi connectivity index (χ4v) is 5.41. The van der Waals surface area contributed by atoms with Crippen LogP contribution in [0.5, 0.6) is 5.75 Å². The molecule has 6 rings (SSSR count). The number of fused-ring (bicyclic) bond motifs is 2. The number of amides is 5. The first kappa shape index (κ1) is 24.5. The van der Waals surface area contributed by atoms with E-state index in [0.717, 1.165) is 6.07 Å². The molecule has 4 heterocycles. The standard InChI is InChI=1S/C26H20F2N4O7/c1-25(17(33)8-19(34)30-25)13-5-12-6-18(39-16(12)7-14(13)27)26(23(36)29-24(37)31-26)10-32-9-11-3-4-15(38-2)21(28)20(11)22(32)35/h3-7H,8-10H2,1-2H3,(H,30,34)(H2,29,31,36,37). The number of benzene rings is 2. The van der Waals surface area contributed by atoms with Crippen molar-refractivity contribution in [2.45, 2.75) is 31.0 Å². The summed E-state index contributed by atoms with van der Waals surface area (Å²) in [6.45, 7) is 0.906. The van der Waals surface area contributed by atoms with Gasteiger partial charge in [0.1, 0.15) is 22.7 Å². The molecule has 11 nitrogen and oxygen atoms in total. The number of nitrogens with zero attached hydrogens (tertiary/aromatic N) is 1. The molecule has 5 amide bonds. The normalized spacial score (nSPS) is 24.3. The third-order valence-electron chi connectivity index (χ3n) is 7.48. The summed E-state index contributed by atoms with van der Waals surface area (Å²) < 4.78 is 40.8. The van der Waals surface area contributed by atoms with Crippen molar-refractivity contribution in [3.63, 3.8) is 0 Å². The fraction of sp³-hybridized carbons (Fsp3) is 0.269. The zero-order valence-electron chi connectivity index (χ0n) is 20.6. The van der Waals surface area contributed by atoms with Gasteiger partial charge < -0.3 is 24.7 Å². The van der Waals surface area contributed by atoms with Gasteiger partial charge in [-0.1, -0.05) is 6.07 Å². The Morgan fingerprint density at radius 2 is 1.85 bits per heavy atom. The minimum atomic E-state index is -1.92. The molecule has 2 fully saturated rings. The number of ether oxygens (including phenoxy) is 1. The lowest BCUT2D eigenvalue weighted by molar-refractivity contribution is -0.125. The smallest absolute Gasteiger partial charge is 0.322 e. The van der Waals surface area contributed by atoms with Crippen molar-refractivity contribution in [2.75, 3.05) is 13.7 Å². The van der Waals surface area contributed by atoms with Crippen molar-refractivity contribution in [3.05, 3.63) is 64.4 Å². The molecule has 0 radical (unpaired) electrons. The highest BCUT2D eigenvalue weighted by Crippen LogP contribution is 2.38. The van der Waals surface area contributed by atoms with Gasteiger partial charge in [0.15, 0.2) is 22.9 Å². The topological polar surface area (TPSA) is 147 Å². The number of Topliss-reactive ketones (excluding diaryl/α,β-unsaturated/α-hetero) is 1. The number of hydrogen-bond acceptors (Lipinski definition) is 7. The molecule has 2 aromatic carbocycles. The molecule has 3 aliphatic rings. The summed E-state index contributed by atoms with van der Waals surface area (Å²) in [5.41, 5.74) is -3.46. The number of hydrogen-bond donors (Lipinski definition) is 3. The van der Waals surface area contributed by atoms with E-state index in [1.807, 2.05) is 0 Å². The van der Waals surface area contributed by atoms with Crippen LogP contribution in [0.3, 0.4) is 0 Å². The van der Waals surface area contributed by atoms with E-state index in [9.17, 15) is 28.4 Å². The second kappa shape index (κ2) is 8.09. The molecule has 0 aliphatic carbocycles. The number of furan rings is 1. The van der Waals surface area contributed by atoms with Crippen LogP contribution in [0.2, 0.25) is 0 Å². The van der Waals surface area contributed by atoms with Crippen molar-refractivity contribution < 1.29 is 41.9 Å². The maximum absolute atomic E-state index is 15.2. The van der Waals surface area contributed by atoms with Gasteiger partial charge in [0, 0.05) is 23.6 Å². The van der Waals surface area contributed by atoms with Crippen LogP contribution < -0.4 is 20.7 Å². The van der Waals surface area contributed by atoms with E-state index in [4.69, 9.17) is 9.15 Å². The monoisotopic (exact) mass is 538 g/mol. The van der Waals surface area contributed by atoms with Crippen molar-refractivity contribution in [1.29, 1.82) is 0 Å². The molecule has 39 heavy (non-hydrogen) atoms. The molecule has 2 saturated heterocycles. The van der Waals surface area contributed by atoms with E-state index in [0.29, 0.717) is 5.56 Å². The summed E-state index contributed by atoms with van der Waals surface area (Å²) in [7, 11) is 1.27. The molecule has 2 unspecified atom stereocenters. The van der Waals surface area contributed by atoms with Crippen LogP contribution in [0.4, 0.5) is 13.6 Å². The number of methoxy groups -OCH3 is 1. The molecule has 13 heteroatoms. The maximum Gasteiger partial charge on any atom is 0.322 e. The second-order valence-electron chi connectivity index (χ2n) is 9.84. The predicted octanol–water partition coefficient (Wildman–Crippen LogP) is 1.71. The first-order valence-corrected chi connectivity index (χ1v) is 11.8. The highest BCUT2D eigenvalue weighted by Gasteiger charge is 2.53. The Bertz CT molecular complexity index is 1670. The Morgan fingerprint density at radius 3 is 2.49 bits per heavy atom. The van der Waals surface area contributed by atoms with Crippen molar-refractivity contribution in [2.24, 2.45) is 0 Å². The number of carbonyl (C=O) groups excluding carboxylic acids is 5. The van der Waals surface area contributed by atoms with Gasteiger partial charge in [-0.05, 0) is 30.7 Å². The van der Waals surface area contributed by atoms with E-state index in [-0.39, 0.29) is 40.2 Å². The molecule has 3 aromatic rings. The van der Waals surface area contributed by atoms with Crippen LogP contribution in [0.15, 0.2) is 34.7 Å². The molecule has 0 bridgehead atoms. The van der Waals surface area contributed by atoms with Crippen LogP contribution in [0.1, 0.15) is 40.6 Å². The van der Waals surface area contributed by atoms with E-state index in [1.165, 1.54) is 43.2 Å². The number of imide groups is 1. The van der Waals surface area contributed by atoms with Gasteiger partial charge in [-0.3, -0.25) is 24.5 Å². The maximum atomic E-state index is 15.2. The molecule has 0 spiro atoms. The zero-order chi connectivity index (χ0) is 27.9. The van der Waals surface area contributed by atoms with Gasteiger partial charge in [0.25, 0.3) is 11.8 Å². The molecular formula is C26H20F2N4O7. The van der Waals surface area contributed by atoms with Crippen molar-refractivity contribution in [3.8, 4) is 5.75 Å². The van der Waals surface area contributed by atoms with E-state index >= 15 is 4.39 Å². The number of nitrogens with one attached hydrogen (secondary N) is 3. The number of carbonyl (C=O) groups is 5. The summed E-state index contributed by atoms with van der Waals surface area (Å²) in [6.07, 6.45) is -0.390. The van der Waals surface area contributed by atoms with Crippen LogP contribution in [-0.2, 0) is 32.0 Å². The van der Waals surface area contributed by atoms with Gasteiger partial charge in [0.05, 0.1) is 25.6 Å². The minimum Gasteiger partial charge on any atom is -0.494 e. The Morgan fingerprint density at radius 1 is 1.08 bits per heavy atom. The molecule has 1 aromatic heterocycles. The van der Waals surface area contributed by atoms with Gasteiger partial charge in [-0.25, -0.2) is 13.6 Å². The van der Waals surface area contributed by atoms with E-state index in [2.05, 4.69) is 16.0 Å². The average molecular weight is 538 g/mol. The lowest BCUT2D eigenvalue weighted by atomic mass is 9.88. The lowest BCUT2D eigenvalue weighted by Gasteiger charge is -2.29. The van der Waals surface area contributed by atoms with E-state index in [1.54, 1.807) is 0 Å². The summed E-state index contributed by atoms with van der Waals surface area (Å²) >= 11 is 0. The van der Waals surface area contributed by atoms with Crippen LogP contribution >= 0.6 is 0 Å². The third-order valence-corrected chi connectivity index (χ3v) is 7.48. The molecule has 3 aliphatic heterocycles. The summed E-state index contributed by atoms with van der Waals surface area (Å²) in [5, 5.41) is 7.40. The molecular weight excluding hydrogens is 518 g/mol. The van der Waals surface area contributed by atoms with Crippen LogP contribution in [0.25, 0.3) is 11.0 Å². The molecule has 200 valence electrons. The van der Waals surface area contributed by atoms with Gasteiger partial charge in [-0.2, -0.15) is 0 Å². The van der Waals surface area contributed by atoms with Crippen LogP contribution in [-0.4, -0.2) is 48.1 Å². The summed E-state index contributed by atoms with van der Waals surface area (Å²) in [4.78, 5) is 64.0. The summed E-state index contributed by atoms with van der Waals surface area (Å²) in [5.74, 6) is -4.51. The Kier molecular flexibility index (Phi) is 5.09. The quantitative estimate of drug-likeness (QED) is 0.331. The zero-order valence-corrected chi connectivity index (χ0v) is 20.6. The Hall–Kier alpha value is -4.81. The number of rotatable bonds is 5. The average Bonchev–Trinajstić information content (AvgIpc) is 3.58. The Labute approximate surface area is 218 Å².